The van der Waals surface area contributed by atoms with Crippen molar-refractivity contribution in [3.8, 4) is 6.07 Å². The Morgan fingerprint density at radius 1 is 1.37 bits per heavy atom. The number of benzene rings is 1. The lowest BCUT2D eigenvalue weighted by molar-refractivity contribution is -0.123. The van der Waals surface area contributed by atoms with Crippen LogP contribution < -0.4 is 10.6 Å². The minimum absolute atomic E-state index is 0.187. The maximum Gasteiger partial charge on any atom is 0.243 e. The van der Waals surface area contributed by atoms with Gasteiger partial charge in [0.05, 0.1) is 6.07 Å². The van der Waals surface area contributed by atoms with Gasteiger partial charge in [0.2, 0.25) is 5.91 Å². The predicted molar refractivity (Wildman–Crippen MR) is 74.5 cm³/mol. The smallest absolute Gasteiger partial charge is 0.243 e. The lowest BCUT2D eigenvalue weighted by Crippen LogP contribution is -2.56. The zero-order valence-electron chi connectivity index (χ0n) is 11.2. The third-order valence-electron chi connectivity index (χ3n) is 3.98. The maximum absolute atomic E-state index is 12.0. The van der Waals surface area contributed by atoms with Crippen LogP contribution in [-0.4, -0.2) is 18.0 Å². The summed E-state index contributed by atoms with van der Waals surface area (Å²) in [5, 5.41) is 9.07. The van der Waals surface area contributed by atoms with Crippen molar-refractivity contribution in [1.82, 2.24) is 0 Å². The number of rotatable bonds is 4. The molecular weight excluding hydrogens is 238 g/mol. The standard InChI is InChI=1S/C15H19N3O/c1-12-4-6-13(7-5-12)18(11-10-16)15(14(17)19)8-2-3-9-15/h4-7H,2-3,8-9,11H2,1H3,(H2,17,19). The summed E-state index contributed by atoms with van der Waals surface area (Å²) >= 11 is 0. The van der Waals surface area contributed by atoms with E-state index >= 15 is 0 Å². The molecule has 4 heteroatoms. The summed E-state index contributed by atoms with van der Waals surface area (Å²) in [4.78, 5) is 13.8. The van der Waals surface area contributed by atoms with Gasteiger partial charge in [0.25, 0.3) is 0 Å². The van der Waals surface area contributed by atoms with E-state index in [-0.39, 0.29) is 12.5 Å². The Bertz CT molecular complexity index is 495. The Morgan fingerprint density at radius 2 is 1.95 bits per heavy atom. The van der Waals surface area contributed by atoms with Crippen LogP contribution in [0.1, 0.15) is 31.2 Å². The van der Waals surface area contributed by atoms with Crippen LogP contribution in [0.3, 0.4) is 0 Å². The van der Waals surface area contributed by atoms with Gasteiger partial charge in [0.1, 0.15) is 12.1 Å². The first-order valence-corrected chi connectivity index (χ1v) is 6.61. The van der Waals surface area contributed by atoms with Crippen LogP contribution in [0.25, 0.3) is 0 Å². The topological polar surface area (TPSA) is 70.1 Å². The SMILES string of the molecule is Cc1ccc(N(CC#N)C2(C(N)=O)CCCC2)cc1. The molecule has 4 nitrogen and oxygen atoms in total. The fourth-order valence-electron chi connectivity index (χ4n) is 2.89. The Kier molecular flexibility index (Phi) is 3.75. The lowest BCUT2D eigenvalue weighted by atomic mass is 9.93. The number of anilines is 1. The Hall–Kier alpha value is -2.02. The van der Waals surface area contributed by atoms with Crippen molar-refractivity contribution in [2.75, 3.05) is 11.4 Å². The molecule has 0 radical (unpaired) electrons. The lowest BCUT2D eigenvalue weighted by Gasteiger charge is -2.39. The average molecular weight is 257 g/mol. The molecule has 0 aromatic heterocycles. The zero-order valence-corrected chi connectivity index (χ0v) is 11.2. The van der Waals surface area contributed by atoms with Gasteiger partial charge < -0.3 is 10.6 Å². The molecule has 2 N–H and O–H groups in total. The molecule has 19 heavy (non-hydrogen) atoms. The molecule has 100 valence electrons. The summed E-state index contributed by atoms with van der Waals surface area (Å²) in [6.07, 6.45) is 3.43. The van der Waals surface area contributed by atoms with E-state index in [1.165, 1.54) is 0 Å². The van der Waals surface area contributed by atoms with Crippen molar-refractivity contribution < 1.29 is 4.79 Å². The monoisotopic (exact) mass is 257 g/mol. The average Bonchev–Trinajstić information content (AvgIpc) is 2.88. The summed E-state index contributed by atoms with van der Waals surface area (Å²) < 4.78 is 0. The molecule has 1 amide bonds. The van der Waals surface area contributed by atoms with E-state index in [1.807, 2.05) is 36.1 Å². The second-order valence-electron chi connectivity index (χ2n) is 5.18. The molecule has 0 bridgehead atoms. The summed E-state index contributed by atoms with van der Waals surface area (Å²) in [5.41, 5.74) is 7.00. The van der Waals surface area contributed by atoms with E-state index in [9.17, 15) is 4.79 Å². The normalized spacial score (nSPS) is 16.8. The van der Waals surface area contributed by atoms with Crippen LogP contribution in [0.5, 0.6) is 0 Å². The molecule has 1 fully saturated rings. The first kappa shape index (κ1) is 13.4. The highest BCUT2D eigenvalue weighted by Crippen LogP contribution is 2.38. The second kappa shape index (κ2) is 5.31. The minimum atomic E-state index is -0.689. The van der Waals surface area contributed by atoms with Crippen molar-refractivity contribution in [3.05, 3.63) is 29.8 Å². The minimum Gasteiger partial charge on any atom is -0.368 e. The van der Waals surface area contributed by atoms with Crippen LogP contribution in [-0.2, 0) is 4.79 Å². The van der Waals surface area contributed by atoms with Crippen LogP contribution in [0.2, 0.25) is 0 Å². The van der Waals surface area contributed by atoms with Crippen LogP contribution in [0, 0.1) is 18.3 Å². The molecule has 0 heterocycles. The number of aryl methyl sites for hydroxylation is 1. The highest BCUT2D eigenvalue weighted by molar-refractivity contribution is 5.89. The second-order valence-corrected chi connectivity index (χ2v) is 5.18. The van der Waals surface area contributed by atoms with E-state index in [0.717, 1.165) is 36.9 Å². The molecule has 0 atom stereocenters. The number of carbonyl (C=O) groups is 1. The van der Waals surface area contributed by atoms with Gasteiger partial charge >= 0.3 is 0 Å². The van der Waals surface area contributed by atoms with Gasteiger partial charge in [-0.3, -0.25) is 4.79 Å². The molecule has 1 aromatic carbocycles. The van der Waals surface area contributed by atoms with Crippen LogP contribution in [0.4, 0.5) is 5.69 Å². The van der Waals surface area contributed by atoms with E-state index in [0.29, 0.717) is 0 Å². The largest absolute Gasteiger partial charge is 0.368 e. The van der Waals surface area contributed by atoms with Crippen molar-refractivity contribution in [1.29, 1.82) is 5.26 Å². The number of nitrogens with zero attached hydrogens (tertiary/aromatic N) is 2. The molecule has 1 aromatic rings. The maximum atomic E-state index is 12.0. The number of amides is 1. The van der Waals surface area contributed by atoms with Gasteiger partial charge in [-0.25, -0.2) is 0 Å². The third-order valence-corrected chi connectivity index (χ3v) is 3.98. The van der Waals surface area contributed by atoms with Crippen molar-refractivity contribution in [2.24, 2.45) is 5.73 Å². The Balaban J connectivity index is 2.41. The third kappa shape index (κ3) is 2.41. The van der Waals surface area contributed by atoms with Crippen LogP contribution in [0.15, 0.2) is 24.3 Å². The first-order chi connectivity index (χ1) is 9.10. The van der Waals surface area contributed by atoms with Crippen LogP contribution >= 0.6 is 0 Å². The van der Waals surface area contributed by atoms with E-state index < -0.39 is 5.54 Å². The molecule has 0 aliphatic heterocycles. The van der Waals surface area contributed by atoms with Gasteiger partial charge in [-0.1, -0.05) is 30.5 Å². The quantitative estimate of drug-likeness (QED) is 0.840. The summed E-state index contributed by atoms with van der Waals surface area (Å²) in [6.45, 7) is 2.20. The summed E-state index contributed by atoms with van der Waals surface area (Å²) in [6, 6.07) is 10.0. The molecular formula is C15H19N3O. The van der Waals surface area contributed by atoms with Gasteiger partial charge in [0.15, 0.2) is 0 Å². The van der Waals surface area contributed by atoms with Gasteiger partial charge in [-0.05, 0) is 31.9 Å². The van der Waals surface area contributed by atoms with Crippen molar-refractivity contribution in [2.45, 2.75) is 38.1 Å². The Morgan fingerprint density at radius 3 is 2.42 bits per heavy atom. The number of nitrogens with two attached hydrogens (primary N) is 1. The van der Waals surface area contributed by atoms with Gasteiger partial charge in [-0.2, -0.15) is 5.26 Å². The number of hydrogen-bond donors (Lipinski definition) is 1. The fraction of sp³-hybridized carbons (Fsp3) is 0.467. The van der Waals surface area contributed by atoms with E-state index in [1.54, 1.807) is 0 Å². The molecule has 1 saturated carbocycles. The van der Waals surface area contributed by atoms with Crippen molar-refractivity contribution in [3.63, 3.8) is 0 Å². The van der Waals surface area contributed by atoms with Gasteiger partial charge in [-0.15, -0.1) is 0 Å². The number of carbonyl (C=O) groups excluding carboxylic acids is 1. The molecule has 2 rings (SSSR count). The summed E-state index contributed by atoms with van der Waals surface area (Å²) in [7, 11) is 0. The summed E-state index contributed by atoms with van der Waals surface area (Å²) in [5.74, 6) is -0.319. The molecule has 1 aliphatic carbocycles. The molecule has 1 aliphatic rings. The fourth-order valence-corrected chi connectivity index (χ4v) is 2.89. The van der Waals surface area contributed by atoms with E-state index in [4.69, 9.17) is 11.0 Å². The molecule has 0 spiro atoms. The van der Waals surface area contributed by atoms with E-state index in [2.05, 4.69) is 6.07 Å². The van der Waals surface area contributed by atoms with Gasteiger partial charge in [0, 0.05) is 5.69 Å². The number of nitriles is 1. The van der Waals surface area contributed by atoms with Crippen molar-refractivity contribution >= 4 is 11.6 Å². The predicted octanol–water partition coefficient (Wildman–Crippen LogP) is 2.12. The molecule has 0 saturated heterocycles. The highest BCUT2D eigenvalue weighted by Gasteiger charge is 2.45. The number of primary amides is 1. The Labute approximate surface area is 113 Å². The highest BCUT2D eigenvalue weighted by atomic mass is 16.1. The first-order valence-electron chi connectivity index (χ1n) is 6.61. The molecule has 0 unspecified atom stereocenters. The number of hydrogen-bond acceptors (Lipinski definition) is 3. The zero-order chi connectivity index (χ0) is 13.9.